The number of aliphatic carboxylic acids is 1. The summed E-state index contributed by atoms with van der Waals surface area (Å²) in [6, 6.07) is 12.0. The Morgan fingerprint density at radius 1 is 1.25 bits per heavy atom. The molecule has 3 atom stereocenters. The van der Waals surface area contributed by atoms with Crippen LogP contribution in [0.5, 0.6) is 5.75 Å². The van der Waals surface area contributed by atoms with E-state index in [1.165, 1.54) is 0 Å². The molecule has 0 bridgehead atoms. The van der Waals surface area contributed by atoms with Crippen molar-refractivity contribution in [2.75, 3.05) is 13.1 Å². The average molecular weight is 532 g/mol. The van der Waals surface area contributed by atoms with Gasteiger partial charge in [-0.15, -0.1) is 11.6 Å². The van der Waals surface area contributed by atoms with Crippen molar-refractivity contribution in [1.82, 2.24) is 15.1 Å². The maximum atomic E-state index is 14.5. The summed E-state index contributed by atoms with van der Waals surface area (Å²) in [5.41, 5.74) is 2.26. The summed E-state index contributed by atoms with van der Waals surface area (Å²) < 4.78 is 21.0. The predicted molar refractivity (Wildman–Crippen MR) is 139 cm³/mol. The van der Waals surface area contributed by atoms with Gasteiger partial charge in [-0.3, -0.25) is 10.00 Å². The molecule has 1 aliphatic carbocycles. The molecule has 6 nitrogen and oxygen atoms in total. The number of likely N-dealkylation sites (tertiary alicyclic amines) is 1. The number of nitrogens with zero attached hydrogens (tertiary/aromatic N) is 2. The molecule has 0 spiro atoms. The van der Waals surface area contributed by atoms with Gasteiger partial charge in [-0.2, -0.15) is 5.10 Å². The van der Waals surface area contributed by atoms with Gasteiger partial charge in [0.15, 0.2) is 0 Å². The van der Waals surface area contributed by atoms with Gasteiger partial charge in [0.25, 0.3) is 0 Å². The zero-order chi connectivity index (χ0) is 25.6. The molecule has 0 amide bonds. The molecule has 1 aliphatic heterocycles. The van der Waals surface area contributed by atoms with E-state index in [4.69, 9.17) is 27.9 Å². The predicted octanol–water partition coefficient (Wildman–Crippen LogP) is 6.39. The van der Waals surface area contributed by atoms with Gasteiger partial charge in [0.05, 0.1) is 5.52 Å². The Morgan fingerprint density at radius 3 is 2.78 bits per heavy atom. The molecule has 3 unspecified atom stereocenters. The van der Waals surface area contributed by atoms with Crippen molar-refractivity contribution in [2.24, 2.45) is 5.92 Å². The molecular weight excluding hydrogens is 504 g/mol. The smallest absolute Gasteiger partial charge is 0.342 e. The maximum absolute atomic E-state index is 14.5. The van der Waals surface area contributed by atoms with Crippen molar-refractivity contribution in [3.8, 4) is 5.75 Å². The molecule has 0 saturated carbocycles. The molecule has 190 valence electrons. The zero-order valence-electron chi connectivity index (χ0n) is 20.1. The fourth-order valence-corrected chi connectivity index (χ4v) is 5.60. The van der Waals surface area contributed by atoms with E-state index in [0.717, 1.165) is 51.8 Å². The number of aromatic amines is 1. The Balaban J connectivity index is 1.33. The second-order valence-electron chi connectivity index (χ2n) is 10.0. The molecule has 1 aromatic heterocycles. The number of aryl methyl sites for hydroxylation is 1. The van der Waals surface area contributed by atoms with Crippen LogP contribution in [-0.4, -0.2) is 50.4 Å². The molecule has 36 heavy (non-hydrogen) atoms. The quantitative estimate of drug-likeness (QED) is 0.273. The standard InChI is InChI=1S/C27H28Cl2FN3O3/c1-15(2)23(18-6-8-22-21(13-18)24(28)32-31-22)36-20-7-5-16-11-19(4-3-17(16)12-20)25(29)33-10-9-27(30,14-33)26(34)35/h5-8,11-13,15,23,25H,3-4,9-10,14H2,1-2H3,(H,31,32)(H,34,35). The third-order valence-electron chi connectivity index (χ3n) is 7.13. The minimum atomic E-state index is -2.23. The second kappa shape index (κ2) is 9.69. The van der Waals surface area contributed by atoms with E-state index in [-0.39, 0.29) is 25.0 Å². The van der Waals surface area contributed by atoms with Gasteiger partial charge in [-0.1, -0.05) is 43.7 Å². The fraction of sp³-hybridized carbons (Fsp3) is 0.407. The highest BCUT2D eigenvalue weighted by molar-refractivity contribution is 6.34. The second-order valence-corrected chi connectivity index (χ2v) is 10.8. The number of hydrogen-bond acceptors (Lipinski definition) is 4. The van der Waals surface area contributed by atoms with Crippen LogP contribution in [0.15, 0.2) is 42.0 Å². The van der Waals surface area contributed by atoms with Crippen LogP contribution >= 0.6 is 23.2 Å². The zero-order valence-corrected chi connectivity index (χ0v) is 21.6. The van der Waals surface area contributed by atoms with Crippen molar-refractivity contribution >= 4 is 46.2 Å². The number of ether oxygens (including phenoxy) is 1. The molecule has 9 heteroatoms. The number of carbonyl (C=O) groups is 1. The van der Waals surface area contributed by atoms with Gasteiger partial charge in [-0.25, -0.2) is 9.18 Å². The third-order valence-corrected chi connectivity index (χ3v) is 7.97. The number of carboxylic acid groups (broad SMARTS) is 1. The number of alkyl halides is 2. The van der Waals surface area contributed by atoms with Gasteiger partial charge < -0.3 is 9.84 Å². The number of carboxylic acids is 1. The normalized spacial score (nSPS) is 21.9. The van der Waals surface area contributed by atoms with Crippen LogP contribution in [0.25, 0.3) is 17.0 Å². The number of aromatic nitrogens is 2. The van der Waals surface area contributed by atoms with Crippen molar-refractivity contribution in [3.63, 3.8) is 0 Å². The monoisotopic (exact) mass is 531 g/mol. The number of rotatable bonds is 7. The van der Waals surface area contributed by atoms with Crippen LogP contribution in [0, 0.1) is 5.92 Å². The Bertz CT molecular complexity index is 1340. The highest BCUT2D eigenvalue weighted by Crippen LogP contribution is 2.37. The third kappa shape index (κ3) is 4.72. The first-order valence-corrected chi connectivity index (χ1v) is 12.9. The van der Waals surface area contributed by atoms with Crippen LogP contribution in [0.2, 0.25) is 5.15 Å². The largest absolute Gasteiger partial charge is 0.485 e. The number of halogens is 3. The summed E-state index contributed by atoms with van der Waals surface area (Å²) >= 11 is 12.9. The lowest BCUT2D eigenvalue weighted by molar-refractivity contribution is -0.149. The lowest BCUT2D eigenvalue weighted by atomic mass is 9.91. The number of benzene rings is 2. The molecule has 5 rings (SSSR count). The topological polar surface area (TPSA) is 78.4 Å². The van der Waals surface area contributed by atoms with E-state index in [1.807, 2.05) is 36.4 Å². The lowest BCUT2D eigenvalue weighted by Crippen LogP contribution is -2.39. The van der Waals surface area contributed by atoms with E-state index in [1.54, 1.807) is 4.90 Å². The van der Waals surface area contributed by atoms with Gasteiger partial charge in [0, 0.05) is 24.9 Å². The first kappa shape index (κ1) is 25.1. The van der Waals surface area contributed by atoms with Crippen LogP contribution in [0.1, 0.15) is 49.5 Å². The van der Waals surface area contributed by atoms with Gasteiger partial charge in [0.1, 0.15) is 22.5 Å². The molecule has 2 aliphatic rings. The molecule has 1 saturated heterocycles. The molecular formula is C27H28Cl2FN3O3. The molecule has 3 aromatic rings. The van der Waals surface area contributed by atoms with Gasteiger partial charge in [-0.05, 0) is 65.3 Å². The summed E-state index contributed by atoms with van der Waals surface area (Å²) in [5, 5.41) is 17.6. The summed E-state index contributed by atoms with van der Waals surface area (Å²) in [4.78, 5) is 13.0. The molecule has 1 fully saturated rings. The highest BCUT2D eigenvalue weighted by Gasteiger charge is 2.47. The lowest BCUT2D eigenvalue weighted by Gasteiger charge is -2.28. The number of fused-ring (bicyclic) bond motifs is 2. The Labute approximate surface area is 219 Å². The van der Waals surface area contributed by atoms with Gasteiger partial charge in [0.2, 0.25) is 5.67 Å². The fourth-order valence-electron chi connectivity index (χ4n) is 5.06. The summed E-state index contributed by atoms with van der Waals surface area (Å²) in [6.45, 7) is 4.36. The maximum Gasteiger partial charge on any atom is 0.342 e. The summed E-state index contributed by atoms with van der Waals surface area (Å²) in [6.07, 6.45) is 3.32. The van der Waals surface area contributed by atoms with Crippen molar-refractivity contribution in [1.29, 1.82) is 0 Å². The molecule has 2 N–H and O–H groups in total. The summed E-state index contributed by atoms with van der Waals surface area (Å²) in [5.74, 6) is -0.410. The average Bonchev–Trinajstić information content (AvgIpc) is 3.45. The Hall–Kier alpha value is -2.61. The minimum Gasteiger partial charge on any atom is -0.485 e. The first-order chi connectivity index (χ1) is 17.1. The Kier molecular flexibility index (Phi) is 6.74. The van der Waals surface area contributed by atoms with E-state index < -0.39 is 17.1 Å². The van der Waals surface area contributed by atoms with Crippen molar-refractivity contribution in [3.05, 3.63) is 63.8 Å². The van der Waals surface area contributed by atoms with E-state index in [9.17, 15) is 14.3 Å². The van der Waals surface area contributed by atoms with E-state index >= 15 is 0 Å². The van der Waals surface area contributed by atoms with Gasteiger partial charge >= 0.3 is 5.97 Å². The first-order valence-electron chi connectivity index (χ1n) is 12.1. The number of hydrogen-bond donors (Lipinski definition) is 2. The molecule has 2 heterocycles. The van der Waals surface area contributed by atoms with E-state index in [2.05, 4.69) is 30.1 Å². The van der Waals surface area contributed by atoms with Crippen molar-refractivity contribution < 1.29 is 19.0 Å². The van der Waals surface area contributed by atoms with Crippen LogP contribution < -0.4 is 4.74 Å². The highest BCUT2D eigenvalue weighted by atomic mass is 35.5. The number of nitrogens with one attached hydrogen (secondary N) is 1. The summed E-state index contributed by atoms with van der Waals surface area (Å²) in [7, 11) is 0. The van der Waals surface area contributed by atoms with Crippen LogP contribution in [0.4, 0.5) is 4.39 Å². The minimum absolute atomic E-state index is 0.0487. The van der Waals surface area contributed by atoms with Crippen molar-refractivity contribution in [2.45, 2.75) is 50.4 Å². The van der Waals surface area contributed by atoms with Crippen LogP contribution in [0.3, 0.4) is 0 Å². The van der Waals surface area contributed by atoms with Crippen LogP contribution in [-0.2, 0) is 11.2 Å². The van der Waals surface area contributed by atoms with E-state index in [0.29, 0.717) is 11.7 Å². The Morgan fingerprint density at radius 2 is 2.06 bits per heavy atom. The molecule has 2 aromatic carbocycles. The molecule has 0 radical (unpaired) electrons. The SMILES string of the molecule is CC(C)C(Oc1ccc2c(c1)CCC(C(Cl)N1CCC(F)(C(=O)O)C1)=C2)c1ccc2n[nH]c(Cl)c2c1. The number of H-pyrrole nitrogens is 1.